The first kappa shape index (κ1) is 9.09. The van der Waals surface area contributed by atoms with Gasteiger partial charge in [-0.2, -0.15) is 0 Å². The zero-order chi connectivity index (χ0) is 11.2. The van der Waals surface area contributed by atoms with E-state index in [1.165, 1.54) is 6.21 Å². The van der Waals surface area contributed by atoms with Crippen molar-refractivity contribution in [1.29, 1.82) is 0 Å². The van der Waals surface area contributed by atoms with Crippen LogP contribution in [0.1, 0.15) is 11.1 Å². The Morgan fingerprint density at radius 3 is 2.94 bits per heavy atom. The summed E-state index contributed by atoms with van der Waals surface area (Å²) in [5.74, 6) is -0.884. The van der Waals surface area contributed by atoms with Gasteiger partial charge in [0, 0.05) is 18.0 Å². The molecular formula is C13H9NO2. The number of hydrogen-bond donors (Lipinski definition) is 1. The van der Waals surface area contributed by atoms with Crippen molar-refractivity contribution in [3.8, 4) is 0 Å². The van der Waals surface area contributed by atoms with Gasteiger partial charge in [-0.3, -0.25) is 9.79 Å². The molecule has 2 aliphatic rings. The molecule has 0 radical (unpaired) electrons. The highest BCUT2D eigenvalue weighted by Crippen LogP contribution is 2.44. The first-order chi connectivity index (χ1) is 7.74. The van der Waals surface area contributed by atoms with Crippen LogP contribution in [0.15, 0.2) is 41.5 Å². The van der Waals surface area contributed by atoms with E-state index in [2.05, 4.69) is 4.99 Å². The zero-order valence-electron chi connectivity index (χ0n) is 8.42. The summed E-state index contributed by atoms with van der Waals surface area (Å²) in [4.78, 5) is 15.4. The van der Waals surface area contributed by atoms with Gasteiger partial charge >= 0.3 is 5.97 Å². The Kier molecular flexibility index (Phi) is 1.66. The van der Waals surface area contributed by atoms with Crippen molar-refractivity contribution < 1.29 is 9.90 Å². The number of aliphatic carboxylic acids is 1. The fourth-order valence-corrected chi connectivity index (χ4v) is 2.18. The van der Waals surface area contributed by atoms with Crippen molar-refractivity contribution in [1.82, 2.24) is 0 Å². The Hall–Kier alpha value is -2.16. The second kappa shape index (κ2) is 2.92. The monoisotopic (exact) mass is 211 g/mol. The molecule has 1 heterocycles. The summed E-state index contributed by atoms with van der Waals surface area (Å²) in [5, 5.41) is 9.34. The molecule has 0 amide bonds. The quantitative estimate of drug-likeness (QED) is 0.774. The molecule has 1 unspecified atom stereocenters. The van der Waals surface area contributed by atoms with E-state index in [0.29, 0.717) is 0 Å². The Balaban J connectivity index is 2.27. The fourth-order valence-electron chi connectivity index (χ4n) is 2.18. The van der Waals surface area contributed by atoms with Crippen LogP contribution >= 0.6 is 0 Å². The van der Waals surface area contributed by atoms with Crippen LogP contribution in [0, 0.1) is 5.41 Å². The molecule has 1 aromatic carbocycles. The molecule has 0 aromatic heterocycles. The standard InChI is InChI=1S/C13H9NO2/c15-12(16)13-6-5-9-3-1-2-4-10(9)11(13)7-14-8-13/h1-8H,(H,15,16). The molecule has 0 saturated carbocycles. The largest absolute Gasteiger partial charge is 0.480 e. The highest BCUT2D eigenvalue weighted by atomic mass is 16.4. The van der Waals surface area contributed by atoms with E-state index in [9.17, 15) is 9.90 Å². The summed E-state index contributed by atoms with van der Waals surface area (Å²) in [6.07, 6.45) is 6.66. The molecule has 1 N–H and O–H groups in total. The lowest BCUT2D eigenvalue weighted by atomic mass is 9.74. The van der Waals surface area contributed by atoms with Crippen LogP contribution < -0.4 is 0 Å². The molecule has 0 saturated heterocycles. The summed E-state index contributed by atoms with van der Waals surface area (Å²) >= 11 is 0. The van der Waals surface area contributed by atoms with E-state index < -0.39 is 11.4 Å². The number of carbonyl (C=O) groups is 1. The van der Waals surface area contributed by atoms with Crippen LogP contribution in [0.25, 0.3) is 11.6 Å². The van der Waals surface area contributed by atoms with Gasteiger partial charge in [-0.25, -0.2) is 0 Å². The maximum absolute atomic E-state index is 11.4. The Morgan fingerprint density at radius 2 is 2.12 bits per heavy atom. The number of benzene rings is 1. The Morgan fingerprint density at radius 1 is 1.31 bits per heavy atom. The summed E-state index contributed by atoms with van der Waals surface area (Å²) in [7, 11) is 0. The number of fused-ring (bicyclic) bond motifs is 3. The number of nitrogens with zero attached hydrogens (tertiary/aromatic N) is 1. The topological polar surface area (TPSA) is 49.7 Å². The third kappa shape index (κ3) is 0.972. The minimum atomic E-state index is -1.06. The number of carboxylic acid groups (broad SMARTS) is 1. The minimum Gasteiger partial charge on any atom is -0.480 e. The second-order valence-electron chi connectivity index (χ2n) is 3.92. The van der Waals surface area contributed by atoms with E-state index >= 15 is 0 Å². The van der Waals surface area contributed by atoms with Gasteiger partial charge in [0.25, 0.3) is 0 Å². The van der Waals surface area contributed by atoms with Gasteiger partial charge in [-0.05, 0) is 11.1 Å². The molecule has 0 bridgehead atoms. The van der Waals surface area contributed by atoms with Crippen molar-refractivity contribution >= 4 is 23.8 Å². The summed E-state index contributed by atoms with van der Waals surface area (Å²) < 4.78 is 0. The molecule has 1 aliphatic carbocycles. The van der Waals surface area contributed by atoms with Crippen LogP contribution in [-0.2, 0) is 4.79 Å². The van der Waals surface area contributed by atoms with Gasteiger partial charge in [-0.1, -0.05) is 36.4 Å². The van der Waals surface area contributed by atoms with E-state index in [1.807, 2.05) is 30.3 Å². The zero-order valence-corrected chi connectivity index (χ0v) is 8.42. The highest BCUT2D eigenvalue weighted by Gasteiger charge is 2.43. The summed E-state index contributed by atoms with van der Waals surface area (Å²) in [6, 6.07) is 7.74. The number of aliphatic imine (C=N–C) groups is 1. The van der Waals surface area contributed by atoms with Gasteiger partial charge < -0.3 is 5.11 Å². The van der Waals surface area contributed by atoms with E-state index in [0.717, 1.165) is 16.7 Å². The molecule has 3 heteroatoms. The average molecular weight is 211 g/mol. The molecule has 0 fully saturated rings. The van der Waals surface area contributed by atoms with Crippen molar-refractivity contribution in [2.24, 2.45) is 10.4 Å². The van der Waals surface area contributed by atoms with Gasteiger partial charge in [0.05, 0.1) is 0 Å². The van der Waals surface area contributed by atoms with Gasteiger partial charge in [0.2, 0.25) is 0 Å². The van der Waals surface area contributed by atoms with Crippen molar-refractivity contribution in [2.75, 3.05) is 0 Å². The predicted octanol–water partition coefficient (Wildman–Crippen LogP) is 2.21. The van der Waals surface area contributed by atoms with Crippen molar-refractivity contribution in [2.45, 2.75) is 0 Å². The normalized spacial score (nSPS) is 24.9. The lowest BCUT2D eigenvalue weighted by molar-refractivity contribution is -0.140. The molecular weight excluding hydrogens is 202 g/mol. The average Bonchev–Trinajstić information content (AvgIpc) is 2.74. The summed E-state index contributed by atoms with van der Waals surface area (Å²) in [5.41, 5.74) is 1.67. The minimum absolute atomic E-state index is 0.748. The number of hydrogen-bond acceptors (Lipinski definition) is 2. The van der Waals surface area contributed by atoms with E-state index in [-0.39, 0.29) is 0 Å². The molecule has 1 aliphatic heterocycles. The van der Waals surface area contributed by atoms with Crippen LogP contribution in [0.5, 0.6) is 0 Å². The lowest BCUT2D eigenvalue weighted by Crippen LogP contribution is -2.31. The van der Waals surface area contributed by atoms with Gasteiger partial charge in [-0.15, -0.1) is 0 Å². The number of rotatable bonds is 1. The lowest BCUT2D eigenvalue weighted by Gasteiger charge is -2.26. The molecule has 0 spiro atoms. The maximum Gasteiger partial charge on any atom is 0.323 e. The first-order valence-electron chi connectivity index (χ1n) is 5.01. The van der Waals surface area contributed by atoms with E-state index in [4.69, 9.17) is 0 Å². The van der Waals surface area contributed by atoms with Crippen molar-refractivity contribution in [3.63, 3.8) is 0 Å². The summed E-state index contributed by atoms with van der Waals surface area (Å²) in [6.45, 7) is 0. The van der Waals surface area contributed by atoms with Crippen LogP contribution in [-0.4, -0.2) is 17.3 Å². The van der Waals surface area contributed by atoms with Crippen LogP contribution in [0.2, 0.25) is 0 Å². The van der Waals surface area contributed by atoms with Gasteiger partial charge in [0.1, 0.15) is 5.41 Å². The SMILES string of the molecule is O=C(O)C12C=Cc3ccccc3C1=CN=C2. The molecule has 16 heavy (non-hydrogen) atoms. The fraction of sp³-hybridized carbons (Fsp3) is 0.0769. The molecule has 3 nitrogen and oxygen atoms in total. The molecule has 1 atom stereocenters. The number of carboxylic acids is 1. The van der Waals surface area contributed by atoms with Crippen LogP contribution in [0.3, 0.4) is 0 Å². The highest BCUT2D eigenvalue weighted by molar-refractivity contribution is 6.15. The Labute approximate surface area is 92.4 Å². The van der Waals surface area contributed by atoms with E-state index in [1.54, 1.807) is 12.3 Å². The predicted molar refractivity (Wildman–Crippen MR) is 62.0 cm³/mol. The molecule has 3 rings (SSSR count). The second-order valence-corrected chi connectivity index (χ2v) is 3.92. The third-order valence-electron chi connectivity index (χ3n) is 3.06. The smallest absolute Gasteiger partial charge is 0.323 e. The molecule has 1 aromatic rings. The first-order valence-corrected chi connectivity index (χ1v) is 5.01. The Bertz CT molecular complexity index is 569. The third-order valence-corrected chi connectivity index (χ3v) is 3.06. The maximum atomic E-state index is 11.4. The van der Waals surface area contributed by atoms with Crippen LogP contribution in [0.4, 0.5) is 0 Å². The van der Waals surface area contributed by atoms with Gasteiger partial charge in [0.15, 0.2) is 0 Å². The molecule has 78 valence electrons. The van der Waals surface area contributed by atoms with Crippen molar-refractivity contribution in [3.05, 3.63) is 47.7 Å².